The van der Waals surface area contributed by atoms with Gasteiger partial charge in [-0.3, -0.25) is 4.79 Å². The Hall–Kier alpha value is -2.67. The van der Waals surface area contributed by atoms with Gasteiger partial charge in [-0.2, -0.15) is 0 Å². The Bertz CT molecular complexity index is 1160. The van der Waals surface area contributed by atoms with Crippen LogP contribution in [-0.4, -0.2) is 24.1 Å². The van der Waals surface area contributed by atoms with Crippen LogP contribution < -0.4 is 4.72 Å². The quantitative estimate of drug-likeness (QED) is 0.746. The maximum atomic E-state index is 14.7. The van der Waals surface area contributed by atoms with Gasteiger partial charge in [-0.15, -0.1) is 0 Å². The van der Waals surface area contributed by atoms with E-state index in [4.69, 9.17) is 0 Å². The third-order valence-corrected chi connectivity index (χ3v) is 6.70. The molecule has 1 aliphatic carbocycles. The molecule has 0 atom stereocenters. The number of carbonyl (C=O) groups is 1. The molecule has 4 rings (SSSR count). The van der Waals surface area contributed by atoms with Gasteiger partial charge in [0.2, 0.25) is 10.0 Å². The molecule has 0 spiro atoms. The number of aryl methyl sites for hydroxylation is 2. The van der Waals surface area contributed by atoms with Crippen LogP contribution in [0.5, 0.6) is 0 Å². The lowest BCUT2D eigenvalue weighted by Gasteiger charge is -2.08. The summed E-state index contributed by atoms with van der Waals surface area (Å²) in [5.74, 6) is -1.68. The second-order valence-electron chi connectivity index (χ2n) is 7.04. The maximum absolute atomic E-state index is 14.7. The summed E-state index contributed by atoms with van der Waals surface area (Å²) >= 11 is 0. The maximum Gasteiger partial charge on any atom is 0.267 e. The molecule has 1 aromatic heterocycles. The molecule has 1 saturated carbocycles. The molecule has 1 heterocycles. The standard InChI is InChI=1S/C20H19FN2O3S/c1-12-3-5-13(6-4-12)17-11-23(2)19-10-16(18(21)9-15(17)19)20(24)22-27(25,26)14-7-8-14/h3-6,9-11,14H,7-8H2,1-2H3,(H,22,24). The lowest BCUT2D eigenvalue weighted by molar-refractivity contribution is 0.0977. The van der Waals surface area contributed by atoms with E-state index in [-0.39, 0.29) is 5.56 Å². The molecule has 0 aliphatic heterocycles. The van der Waals surface area contributed by atoms with Gasteiger partial charge in [0.25, 0.3) is 5.91 Å². The predicted octanol–water partition coefficient (Wildman–Crippen LogP) is 3.51. The number of benzene rings is 2. The number of amides is 1. The number of nitrogens with zero attached hydrogens (tertiary/aromatic N) is 1. The molecule has 1 aliphatic rings. The number of halogens is 1. The van der Waals surface area contributed by atoms with Crippen LogP contribution in [0.3, 0.4) is 0 Å². The Balaban J connectivity index is 1.77. The summed E-state index contributed by atoms with van der Waals surface area (Å²) in [6, 6.07) is 10.6. The zero-order chi connectivity index (χ0) is 19.3. The highest BCUT2D eigenvalue weighted by Gasteiger charge is 2.37. The van der Waals surface area contributed by atoms with Gasteiger partial charge in [0.15, 0.2) is 0 Å². The van der Waals surface area contributed by atoms with Crippen LogP contribution >= 0.6 is 0 Å². The van der Waals surface area contributed by atoms with Gasteiger partial charge in [0.05, 0.1) is 10.8 Å². The summed E-state index contributed by atoms with van der Waals surface area (Å²) in [4.78, 5) is 12.3. The van der Waals surface area contributed by atoms with Crippen molar-refractivity contribution < 1.29 is 17.6 Å². The Labute approximate surface area is 156 Å². The second-order valence-corrected chi connectivity index (χ2v) is 9.01. The van der Waals surface area contributed by atoms with Crippen LogP contribution in [0.25, 0.3) is 22.0 Å². The summed E-state index contributed by atoms with van der Waals surface area (Å²) in [6.07, 6.45) is 2.93. The third-order valence-electron chi connectivity index (χ3n) is 4.88. The summed E-state index contributed by atoms with van der Waals surface area (Å²) in [6.45, 7) is 1.99. The number of hydrogen-bond acceptors (Lipinski definition) is 3. The van der Waals surface area contributed by atoms with Crippen molar-refractivity contribution in [3.63, 3.8) is 0 Å². The molecular weight excluding hydrogens is 367 g/mol. The lowest BCUT2D eigenvalue weighted by atomic mass is 10.0. The lowest BCUT2D eigenvalue weighted by Crippen LogP contribution is -2.33. The van der Waals surface area contributed by atoms with Crippen molar-refractivity contribution in [1.82, 2.24) is 9.29 Å². The fourth-order valence-electron chi connectivity index (χ4n) is 3.19. The molecule has 0 saturated heterocycles. The minimum Gasteiger partial charge on any atom is -0.350 e. The molecule has 2 aromatic carbocycles. The molecule has 0 radical (unpaired) electrons. The summed E-state index contributed by atoms with van der Waals surface area (Å²) in [5, 5.41) is 0.122. The van der Waals surface area contributed by atoms with Crippen LogP contribution in [-0.2, 0) is 17.1 Å². The number of rotatable bonds is 4. The molecule has 0 bridgehead atoms. The van der Waals surface area contributed by atoms with Gasteiger partial charge in [-0.05, 0) is 37.5 Å². The average Bonchev–Trinajstić information content (AvgIpc) is 3.41. The van der Waals surface area contributed by atoms with Crippen LogP contribution in [0, 0.1) is 12.7 Å². The van der Waals surface area contributed by atoms with E-state index in [0.717, 1.165) is 16.7 Å². The van der Waals surface area contributed by atoms with Gasteiger partial charge in [0.1, 0.15) is 5.82 Å². The smallest absolute Gasteiger partial charge is 0.267 e. The zero-order valence-electron chi connectivity index (χ0n) is 15.0. The van der Waals surface area contributed by atoms with Crippen molar-refractivity contribution >= 4 is 26.8 Å². The number of aromatic nitrogens is 1. The minimum atomic E-state index is -3.73. The third kappa shape index (κ3) is 3.23. The largest absolute Gasteiger partial charge is 0.350 e. The molecule has 1 N–H and O–H groups in total. The fraction of sp³-hybridized carbons (Fsp3) is 0.250. The molecule has 27 heavy (non-hydrogen) atoms. The molecule has 7 heteroatoms. The van der Waals surface area contributed by atoms with Crippen LogP contribution in [0.4, 0.5) is 4.39 Å². The number of hydrogen-bond donors (Lipinski definition) is 1. The van der Waals surface area contributed by atoms with E-state index >= 15 is 0 Å². The Kier molecular flexibility index (Phi) is 4.07. The molecular formula is C20H19FN2O3S. The predicted molar refractivity (Wildman–Crippen MR) is 102 cm³/mol. The summed E-state index contributed by atoms with van der Waals surface area (Å²) in [5.41, 5.74) is 3.30. The summed E-state index contributed by atoms with van der Waals surface area (Å²) in [7, 11) is -1.92. The Morgan fingerprint density at radius 2 is 1.85 bits per heavy atom. The van der Waals surface area contributed by atoms with Crippen molar-refractivity contribution in [1.29, 1.82) is 0 Å². The van der Waals surface area contributed by atoms with Gasteiger partial charge < -0.3 is 4.57 Å². The Morgan fingerprint density at radius 3 is 2.48 bits per heavy atom. The highest BCUT2D eigenvalue weighted by Crippen LogP contribution is 2.32. The first-order chi connectivity index (χ1) is 12.8. The number of fused-ring (bicyclic) bond motifs is 1. The van der Waals surface area contributed by atoms with E-state index in [1.54, 1.807) is 11.6 Å². The minimum absolute atomic E-state index is 0.275. The molecule has 1 amide bonds. The van der Waals surface area contributed by atoms with E-state index < -0.39 is 27.0 Å². The first-order valence-corrected chi connectivity index (χ1v) is 10.2. The topological polar surface area (TPSA) is 68.2 Å². The average molecular weight is 386 g/mol. The highest BCUT2D eigenvalue weighted by molar-refractivity contribution is 7.91. The number of carbonyl (C=O) groups excluding carboxylic acids is 1. The molecule has 3 aromatic rings. The molecule has 5 nitrogen and oxygen atoms in total. The van der Waals surface area contributed by atoms with Crippen molar-refractivity contribution in [2.75, 3.05) is 0 Å². The van der Waals surface area contributed by atoms with Gasteiger partial charge in [-0.1, -0.05) is 29.8 Å². The zero-order valence-corrected chi connectivity index (χ0v) is 15.8. The van der Waals surface area contributed by atoms with Crippen LogP contribution in [0.2, 0.25) is 0 Å². The molecule has 1 fully saturated rings. The second kappa shape index (κ2) is 6.20. The monoisotopic (exact) mass is 386 g/mol. The number of nitrogens with one attached hydrogen (secondary N) is 1. The van der Waals surface area contributed by atoms with Crippen molar-refractivity contribution in [3.05, 3.63) is 59.5 Å². The van der Waals surface area contributed by atoms with E-state index in [2.05, 4.69) is 0 Å². The SMILES string of the molecule is Cc1ccc(-c2cn(C)c3cc(C(=O)NS(=O)(=O)C4CC4)c(F)cc23)cc1. The van der Waals surface area contributed by atoms with Crippen molar-refractivity contribution in [2.45, 2.75) is 25.0 Å². The van der Waals surface area contributed by atoms with Gasteiger partial charge >= 0.3 is 0 Å². The molecule has 140 valence electrons. The van der Waals surface area contributed by atoms with Crippen molar-refractivity contribution in [3.8, 4) is 11.1 Å². The normalized spacial score (nSPS) is 14.5. The fourth-order valence-corrected chi connectivity index (χ4v) is 4.48. The van der Waals surface area contributed by atoms with E-state index in [0.29, 0.717) is 23.7 Å². The van der Waals surface area contributed by atoms with E-state index in [9.17, 15) is 17.6 Å². The van der Waals surface area contributed by atoms with Crippen molar-refractivity contribution in [2.24, 2.45) is 7.05 Å². The molecule has 0 unspecified atom stereocenters. The summed E-state index contributed by atoms with van der Waals surface area (Å²) < 4.78 is 42.4. The van der Waals surface area contributed by atoms with Gasteiger partial charge in [0, 0.05) is 29.7 Å². The van der Waals surface area contributed by atoms with Gasteiger partial charge in [-0.25, -0.2) is 17.5 Å². The highest BCUT2D eigenvalue weighted by atomic mass is 32.2. The Morgan fingerprint density at radius 1 is 1.19 bits per heavy atom. The van der Waals surface area contributed by atoms with E-state index in [1.807, 2.05) is 42.1 Å². The van der Waals surface area contributed by atoms with Crippen LogP contribution in [0.1, 0.15) is 28.8 Å². The first-order valence-electron chi connectivity index (χ1n) is 8.68. The first kappa shape index (κ1) is 17.7. The number of sulfonamides is 1. The van der Waals surface area contributed by atoms with Crippen LogP contribution in [0.15, 0.2) is 42.6 Å². The van der Waals surface area contributed by atoms with E-state index in [1.165, 1.54) is 12.1 Å².